The Balaban J connectivity index is 2.09. The zero-order valence-corrected chi connectivity index (χ0v) is 9.08. The highest BCUT2D eigenvalue weighted by atomic mass is 32.1. The van der Waals surface area contributed by atoms with Crippen LogP contribution in [0.4, 0.5) is 5.13 Å². The number of amides is 1. The zero-order chi connectivity index (χ0) is 11.5. The maximum Gasteiger partial charge on any atom is 0.279 e. The van der Waals surface area contributed by atoms with Gasteiger partial charge in [0.25, 0.3) is 5.91 Å². The lowest BCUT2D eigenvalue weighted by molar-refractivity contribution is 0.1000. The van der Waals surface area contributed by atoms with E-state index in [-0.39, 0.29) is 11.5 Å². The van der Waals surface area contributed by atoms with E-state index in [9.17, 15) is 9.59 Å². The molecule has 1 N–H and O–H groups in total. The Kier molecular flexibility index (Phi) is 2.78. The Hall–Kier alpha value is -2.02. The number of hydrogen-bond acceptors (Lipinski definition) is 6. The monoisotopic (exact) mass is 237 g/mol. The van der Waals surface area contributed by atoms with Gasteiger partial charge in [0, 0.05) is 18.4 Å². The van der Waals surface area contributed by atoms with Crippen molar-refractivity contribution >= 4 is 28.2 Å². The Morgan fingerprint density at radius 3 is 2.81 bits per heavy atom. The number of nitrogens with one attached hydrogen (secondary N) is 1. The molecule has 1 amide bonds. The maximum atomic E-state index is 11.5. The minimum atomic E-state index is -0.418. The lowest BCUT2D eigenvalue weighted by atomic mass is 10.4. The largest absolute Gasteiger partial charge is 0.364 e. The van der Waals surface area contributed by atoms with Gasteiger partial charge in [0.05, 0.1) is 0 Å². The number of carbonyl (C=O) groups is 2. The molecule has 7 heteroatoms. The van der Waals surface area contributed by atoms with Gasteiger partial charge in [0.2, 0.25) is 0 Å². The summed E-state index contributed by atoms with van der Waals surface area (Å²) >= 11 is 1.18. The standard InChI is InChI=1S/C9H7N3O3S/c1-5(13)7-4-16-9(10-7)11-8(14)6-2-3-15-12-6/h2-4H,1H3,(H,10,11,14). The molecule has 2 heterocycles. The molecular weight excluding hydrogens is 230 g/mol. The van der Waals surface area contributed by atoms with Crippen LogP contribution in [0.3, 0.4) is 0 Å². The molecule has 0 atom stereocenters. The Labute approximate surface area is 94.3 Å². The summed E-state index contributed by atoms with van der Waals surface area (Å²) in [5.74, 6) is -0.559. The Morgan fingerprint density at radius 2 is 2.25 bits per heavy atom. The van der Waals surface area contributed by atoms with Crippen molar-refractivity contribution in [1.82, 2.24) is 10.1 Å². The van der Waals surface area contributed by atoms with Crippen molar-refractivity contribution in [2.75, 3.05) is 5.32 Å². The first-order valence-corrected chi connectivity index (χ1v) is 5.23. The number of aromatic nitrogens is 2. The first-order chi connectivity index (χ1) is 7.66. The second-order valence-electron chi connectivity index (χ2n) is 2.93. The highest BCUT2D eigenvalue weighted by Crippen LogP contribution is 2.16. The molecule has 0 radical (unpaired) electrons. The Bertz CT molecular complexity index is 518. The highest BCUT2D eigenvalue weighted by Gasteiger charge is 2.12. The van der Waals surface area contributed by atoms with Crippen molar-refractivity contribution in [3.05, 3.63) is 29.1 Å². The van der Waals surface area contributed by atoms with Crippen LogP contribution in [-0.4, -0.2) is 21.8 Å². The minimum Gasteiger partial charge on any atom is -0.364 e. The molecule has 0 bridgehead atoms. The SMILES string of the molecule is CC(=O)c1csc(NC(=O)c2ccon2)n1. The molecule has 0 aliphatic heterocycles. The fourth-order valence-electron chi connectivity index (χ4n) is 0.984. The van der Waals surface area contributed by atoms with Crippen molar-refractivity contribution in [3.63, 3.8) is 0 Å². The summed E-state index contributed by atoms with van der Waals surface area (Å²) in [4.78, 5) is 26.4. The minimum absolute atomic E-state index is 0.141. The highest BCUT2D eigenvalue weighted by molar-refractivity contribution is 7.14. The van der Waals surface area contributed by atoms with E-state index in [4.69, 9.17) is 0 Å². The van der Waals surface area contributed by atoms with Crippen LogP contribution in [-0.2, 0) is 0 Å². The topological polar surface area (TPSA) is 85.1 Å². The fourth-order valence-corrected chi connectivity index (χ4v) is 1.73. The van der Waals surface area contributed by atoms with Crippen molar-refractivity contribution in [2.24, 2.45) is 0 Å². The summed E-state index contributed by atoms with van der Waals surface area (Å²) in [6.45, 7) is 1.41. The van der Waals surface area contributed by atoms with Crippen molar-refractivity contribution < 1.29 is 14.1 Å². The predicted molar refractivity (Wildman–Crippen MR) is 56.6 cm³/mol. The molecule has 2 aromatic rings. The van der Waals surface area contributed by atoms with Crippen LogP contribution in [0.1, 0.15) is 27.9 Å². The van der Waals surface area contributed by atoms with Crippen LogP contribution in [0.15, 0.2) is 22.2 Å². The van der Waals surface area contributed by atoms with Gasteiger partial charge in [0.15, 0.2) is 16.6 Å². The molecule has 0 aliphatic rings. The number of ketones is 1. The third kappa shape index (κ3) is 2.14. The number of carbonyl (C=O) groups excluding carboxylic acids is 2. The summed E-state index contributed by atoms with van der Waals surface area (Å²) in [6, 6.07) is 1.44. The molecule has 2 aromatic heterocycles. The normalized spacial score (nSPS) is 10.1. The van der Waals surface area contributed by atoms with E-state index in [1.807, 2.05) is 0 Å². The molecule has 0 saturated carbocycles. The zero-order valence-electron chi connectivity index (χ0n) is 8.26. The lowest BCUT2D eigenvalue weighted by Crippen LogP contribution is -2.12. The van der Waals surface area contributed by atoms with Gasteiger partial charge < -0.3 is 4.52 Å². The van der Waals surface area contributed by atoms with Gasteiger partial charge in [-0.1, -0.05) is 5.16 Å². The average molecular weight is 237 g/mol. The number of rotatable bonds is 3. The van der Waals surface area contributed by atoms with Crippen molar-refractivity contribution in [1.29, 1.82) is 0 Å². The van der Waals surface area contributed by atoms with E-state index in [2.05, 4.69) is 20.0 Å². The summed E-state index contributed by atoms with van der Waals surface area (Å²) in [5.41, 5.74) is 0.500. The first kappa shape index (κ1) is 10.5. The summed E-state index contributed by atoms with van der Waals surface area (Å²) in [7, 11) is 0. The van der Waals surface area contributed by atoms with Crippen LogP contribution in [0.5, 0.6) is 0 Å². The van der Waals surface area contributed by atoms with Crippen LogP contribution in [0, 0.1) is 0 Å². The van der Waals surface area contributed by atoms with Crippen molar-refractivity contribution in [2.45, 2.75) is 6.92 Å². The van der Waals surface area contributed by atoms with Gasteiger partial charge >= 0.3 is 0 Å². The van der Waals surface area contributed by atoms with E-state index < -0.39 is 5.91 Å². The molecule has 6 nitrogen and oxygen atoms in total. The summed E-state index contributed by atoms with van der Waals surface area (Å²) in [6.07, 6.45) is 1.30. The van der Waals surface area contributed by atoms with E-state index in [0.717, 1.165) is 0 Å². The van der Waals surface area contributed by atoms with Crippen LogP contribution in [0.2, 0.25) is 0 Å². The van der Waals surface area contributed by atoms with E-state index in [1.165, 1.54) is 30.6 Å². The summed E-state index contributed by atoms with van der Waals surface area (Å²) < 4.78 is 4.53. The second kappa shape index (κ2) is 4.23. The molecule has 2 rings (SSSR count). The predicted octanol–water partition coefficient (Wildman–Crippen LogP) is 1.59. The fraction of sp³-hybridized carbons (Fsp3) is 0.111. The number of hydrogen-bond donors (Lipinski definition) is 1. The van der Waals surface area contributed by atoms with Crippen molar-refractivity contribution in [3.8, 4) is 0 Å². The quantitative estimate of drug-likeness (QED) is 0.819. The molecule has 0 unspecified atom stereocenters. The third-order valence-electron chi connectivity index (χ3n) is 1.76. The van der Waals surface area contributed by atoms with Crippen LogP contribution >= 0.6 is 11.3 Å². The Morgan fingerprint density at radius 1 is 1.44 bits per heavy atom. The van der Waals surface area contributed by atoms with E-state index in [0.29, 0.717) is 10.8 Å². The molecule has 0 spiro atoms. The number of nitrogens with zero attached hydrogens (tertiary/aromatic N) is 2. The molecule has 0 aliphatic carbocycles. The van der Waals surface area contributed by atoms with Crippen LogP contribution in [0.25, 0.3) is 0 Å². The lowest BCUT2D eigenvalue weighted by Gasteiger charge is -1.95. The van der Waals surface area contributed by atoms with Gasteiger partial charge in [-0.3, -0.25) is 14.9 Å². The first-order valence-electron chi connectivity index (χ1n) is 4.35. The molecule has 0 aromatic carbocycles. The van der Waals surface area contributed by atoms with Gasteiger partial charge in [-0.05, 0) is 0 Å². The number of thiazole rings is 1. The smallest absolute Gasteiger partial charge is 0.279 e. The van der Waals surface area contributed by atoms with Gasteiger partial charge in [-0.2, -0.15) is 0 Å². The maximum absolute atomic E-state index is 11.5. The number of anilines is 1. The van der Waals surface area contributed by atoms with Crippen LogP contribution < -0.4 is 5.32 Å². The van der Waals surface area contributed by atoms with E-state index >= 15 is 0 Å². The molecule has 16 heavy (non-hydrogen) atoms. The second-order valence-corrected chi connectivity index (χ2v) is 3.79. The number of Topliss-reactive ketones (excluding diaryl/α,β-unsaturated/α-hetero) is 1. The average Bonchev–Trinajstić information content (AvgIpc) is 2.87. The van der Waals surface area contributed by atoms with Gasteiger partial charge in [-0.25, -0.2) is 4.98 Å². The third-order valence-corrected chi connectivity index (χ3v) is 2.51. The van der Waals surface area contributed by atoms with Gasteiger partial charge in [0.1, 0.15) is 12.0 Å². The molecule has 0 saturated heterocycles. The molecule has 82 valence electrons. The van der Waals surface area contributed by atoms with Gasteiger partial charge in [-0.15, -0.1) is 11.3 Å². The summed E-state index contributed by atoms with van der Waals surface area (Å²) in [5, 5.41) is 7.93. The van der Waals surface area contributed by atoms with E-state index in [1.54, 1.807) is 5.38 Å². The molecular formula is C9H7N3O3S. The molecule has 0 fully saturated rings.